The number of methoxy groups -OCH3 is 1. The van der Waals surface area contributed by atoms with Crippen LogP contribution in [0.2, 0.25) is 0 Å². The smallest absolute Gasteiger partial charge is 0.421 e. The molecule has 0 amide bonds. The number of aromatic nitrogens is 1. The Bertz CT molecular complexity index is 405. The Balaban J connectivity index is 3.53. The van der Waals surface area contributed by atoms with Crippen molar-refractivity contribution in [2.45, 2.75) is 19.2 Å². The first kappa shape index (κ1) is 13.6. The zero-order valence-electron chi connectivity index (χ0n) is 8.55. The van der Waals surface area contributed by atoms with E-state index in [4.69, 9.17) is 5.11 Å². The number of halogens is 5. The molecule has 3 nitrogen and oxygen atoms in total. The highest BCUT2D eigenvalue weighted by atomic mass is 19.4. The van der Waals surface area contributed by atoms with Gasteiger partial charge >= 0.3 is 6.18 Å². The van der Waals surface area contributed by atoms with E-state index in [9.17, 15) is 22.0 Å². The Morgan fingerprint density at radius 2 is 2.00 bits per heavy atom. The van der Waals surface area contributed by atoms with Crippen molar-refractivity contribution in [1.29, 1.82) is 0 Å². The number of hydrogen-bond donors (Lipinski definition) is 1. The standard InChI is InChI=1S/C9H8F5NO2/c1-17-5-2-4(3-16)15-7(8(10)11)6(5)9(12,13)14/h2,8,16H,3H2,1H3. The van der Waals surface area contributed by atoms with Crippen LogP contribution in [0.4, 0.5) is 22.0 Å². The highest BCUT2D eigenvalue weighted by molar-refractivity contribution is 5.41. The lowest BCUT2D eigenvalue weighted by Crippen LogP contribution is -2.14. The second kappa shape index (κ2) is 4.82. The molecule has 0 aromatic carbocycles. The minimum Gasteiger partial charge on any atom is -0.496 e. The molecule has 1 N–H and O–H groups in total. The Morgan fingerprint density at radius 3 is 2.35 bits per heavy atom. The van der Waals surface area contributed by atoms with Crippen molar-refractivity contribution in [1.82, 2.24) is 4.98 Å². The summed E-state index contributed by atoms with van der Waals surface area (Å²) in [5.74, 6) is -0.785. The molecule has 0 aliphatic rings. The molecular weight excluding hydrogens is 249 g/mol. The van der Waals surface area contributed by atoms with Crippen LogP contribution in [-0.4, -0.2) is 17.2 Å². The topological polar surface area (TPSA) is 42.4 Å². The predicted molar refractivity (Wildman–Crippen MR) is 46.7 cm³/mol. The Hall–Kier alpha value is -1.44. The van der Waals surface area contributed by atoms with E-state index >= 15 is 0 Å². The number of alkyl halides is 5. The molecule has 17 heavy (non-hydrogen) atoms. The molecule has 8 heteroatoms. The largest absolute Gasteiger partial charge is 0.496 e. The molecule has 0 saturated heterocycles. The van der Waals surface area contributed by atoms with Crippen LogP contribution in [0.25, 0.3) is 0 Å². The van der Waals surface area contributed by atoms with Crippen molar-refractivity contribution in [3.05, 3.63) is 23.0 Å². The zero-order chi connectivity index (χ0) is 13.2. The van der Waals surface area contributed by atoms with Crippen molar-refractivity contribution >= 4 is 0 Å². The van der Waals surface area contributed by atoms with Crippen LogP contribution in [0.15, 0.2) is 6.07 Å². The summed E-state index contributed by atoms with van der Waals surface area (Å²) in [5, 5.41) is 8.71. The maximum Gasteiger partial charge on any atom is 0.421 e. The van der Waals surface area contributed by atoms with E-state index in [2.05, 4.69) is 9.72 Å². The highest BCUT2D eigenvalue weighted by Crippen LogP contribution is 2.41. The summed E-state index contributed by atoms with van der Waals surface area (Å²) in [6.45, 7) is -0.756. The summed E-state index contributed by atoms with van der Waals surface area (Å²) in [5.41, 5.74) is -3.38. The number of ether oxygens (including phenoxy) is 1. The lowest BCUT2D eigenvalue weighted by molar-refractivity contribution is -0.141. The van der Waals surface area contributed by atoms with Crippen molar-refractivity contribution in [2.24, 2.45) is 0 Å². The van der Waals surface area contributed by atoms with E-state index in [0.29, 0.717) is 0 Å². The minimum absolute atomic E-state index is 0.315. The van der Waals surface area contributed by atoms with Gasteiger partial charge in [-0.2, -0.15) is 13.2 Å². The van der Waals surface area contributed by atoms with E-state index < -0.39 is 36.2 Å². The molecular formula is C9H8F5NO2. The average molecular weight is 257 g/mol. The van der Waals surface area contributed by atoms with Gasteiger partial charge in [0.2, 0.25) is 0 Å². The van der Waals surface area contributed by atoms with E-state index in [1.807, 2.05) is 0 Å². The molecule has 1 rings (SSSR count). The third-order valence-electron chi connectivity index (χ3n) is 1.94. The molecule has 0 aliphatic heterocycles. The van der Waals surface area contributed by atoms with Gasteiger partial charge in [-0.25, -0.2) is 13.8 Å². The molecule has 0 spiro atoms. The van der Waals surface area contributed by atoms with Crippen LogP contribution in [-0.2, 0) is 12.8 Å². The van der Waals surface area contributed by atoms with Crippen LogP contribution in [0.1, 0.15) is 23.4 Å². The molecule has 1 heterocycles. The second-order valence-electron chi connectivity index (χ2n) is 3.03. The minimum atomic E-state index is -5.00. The first-order valence-corrected chi connectivity index (χ1v) is 4.35. The number of hydrogen-bond acceptors (Lipinski definition) is 3. The van der Waals surface area contributed by atoms with E-state index in [0.717, 1.165) is 13.2 Å². The summed E-state index contributed by atoms with van der Waals surface area (Å²) in [6, 6.07) is 0.773. The van der Waals surface area contributed by atoms with Gasteiger partial charge in [-0.05, 0) is 0 Å². The normalized spacial score (nSPS) is 12.0. The fraction of sp³-hybridized carbons (Fsp3) is 0.444. The molecule has 0 unspecified atom stereocenters. The van der Waals surface area contributed by atoms with Gasteiger partial charge in [-0.15, -0.1) is 0 Å². The third kappa shape index (κ3) is 2.82. The highest BCUT2D eigenvalue weighted by Gasteiger charge is 2.40. The van der Waals surface area contributed by atoms with Crippen LogP contribution in [0, 0.1) is 0 Å². The number of aliphatic hydroxyl groups is 1. The predicted octanol–water partition coefficient (Wildman–Crippen LogP) is 2.54. The lowest BCUT2D eigenvalue weighted by atomic mass is 10.1. The van der Waals surface area contributed by atoms with Gasteiger partial charge in [-0.3, -0.25) is 0 Å². The molecule has 1 aromatic rings. The van der Waals surface area contributed by atoms with Crippen molar-refractivity contribution in [2.75, 3.05) is 7.11 Å². The summed E-state index contributed by atoms with van der Waals surface area (Å²) in [4.78, 5) is 3.07. The van der Waals surface area contributed by atoms with Gasteiger partial charge in [-0.1, -0.05) is 0 Å². The van der Waals surface area contributed by atoms with Crippen molar-refractivity contribution < 1.29 is 31.8 Å². The third-order valence-corrected chi connectivity index (χ3v) is 1.94. The van der Waals surface area contributed by atoms with Crippen molar-refractivity contribution in [3.63, 3.8) is 0 Å². The molecule has 0 bridgehead atoms. The van der Waals surface area contributed by atoms with E-state index in [1.54, 1.807) is 0 Å². The first-order valence-electron chi connectivity index (χ1n) is 4.35. The Morgan fingerprint density at radius 1 is 1.41 bits per heavy atom. The van der Waals surface area contributed by atoms with Crippen molar-refractivity contribution in [3.8, 4) is 5.75 Å². The van der Waals surface area contributed by atoms with Gasteiger partial charge in [0, 0.05) is 6.07 Å². The van der Waals surface area contributed by atoms with Gasteiger partial charge in [0.25, 0.3) is 6.43 Å². The van der Waals surface area contributed by atoms with Crippen LogP contribution >= 0.6 is 0 Å². The quantitative estimate of drug-likeness (QED) is 0.846. The fourth-order valence-electron chi connectivity index (χ4n) is 1.28. The Labute approximate surface area is 92.8 Å². The van der Waals surface area contributed by atoms with Gasteiger partial charge in [0.15, 0.2) is 0 Å². The molecule has 96 valence electrons. The fourth-order valence-corrected chi connectivity index (χ4v) is 1.28. The second-order valence-corrected chi connectivity index (χ2v) is 3.03. The summed E-state index contributed by atoms with van der Waals surface area (Å²) in [6.07, 6.45) is -8.41. The van der Waals surface area contributed by atoms with Gasteiger partial charge in [0.1, 0.15) is 17.0 Å². The summed E-state index contributed by atoms with van der Waals surface area (Å²) < 4.78 is 67.1. The molecule has 0 atom stereocenters. The number of rotatable bonds is 3. The van der Waals surface area contributed by atoms with Crippen LogP contribution in [0.3, 0.4) is 0 Å². The SMILES string of the molecule is COc1cc(CO)nc(C(F)F)c1C(F)(F)F. The summed E-state index contributed by atoms with van der Waals surface area (Å²) in [7, 11) is 0.918. The van der Waals surface area contributed by atoms with Crippen LogP contribution in [0.5, 0.6) is 5.75 Å². The molecule has 0 saturated carbocycles. The summed E-state index contributed by atoms with van der Waals surface area (Å²) >= 11 is 0. The van der Waals surface area contributed by atoms with E-state index in [1.165, 1.54) is 0 Å². The number of pyridine rings is 1. The number of aliphatic hydroxyl groups excluding tert-OH is 1. The van der Waals surface area contributed by atoms with Gasteiger partial charge in [0.05, 0.1) is 19.4 Å². The van der Waals surface area contributed by atoms with E-state index in [-0.39, 0.29) is 5.69 Å². The number of nitrogens with zero attached hydrogens (tertiary/aromatic N) is 1. The Kier molecular flexibility index (Phi) is 3.87. The maximum atomic E-state index is 12.6. The van der Waals surface area contributed by atoms with Gasteiger partial charge < -0.3 is 9.84 Å². The first-order chi connectivity index (χ1) is 7.81. The lowest BCUT2D eigenvalue weighted by Gasteiger charge is -2.16. The van der Waals surface area contributed by atoms with Crippen LogP contribution < -0.4 is 4.74 Å². The average Bonchev–Trinajstić information content (AvgIpc) is 2.25. The molecule has 0 aliphatic carbocycles. The monoisotopic (exact) mass is 257 g/mol. The molecule has 1 aromatic heterocycles. The molecule has 0 fully saturated rings. The zero-order valence-corrected chi connectivity index (χ0v) is 8.55. The molecule has 0 radical (unpaired) electrons. The maximum absolute atomic E-state index is 12.6.